The smallest absolute Gasteiger partial charge is 0.377 e. The van der Waals surface area contributed by atoms with Gasteiger partial charge in [-0.15, -0.1) is 0 Å². The van der Waals surface area contributed by atoms with Crippen LogP contribution in [0.3, 0.4) is 0 Å². The molecule has 8 nitrogen and oxygen atoms in total. The molecule has 1 aliphatic rings. The zero-order valence-electron chi connectivity index (χ0n) is 19.6. The van der Waals surface area contributed by atoms with Crippen LogP contribution in [0.5, 0.6) is 5.75 Å². The number of fused-ring (bicyclic) bond motifs is 1. The number of hydrogen-bond acceptors (Lipinski definition) is 6. The molecule has 1 aliphatic carbocycles. The summed E-state index contributed by atoms with van der Waals surface area (Å²) in [5, 5.41) is -6.07. The summed E-state index contributed by atoms with van der Waals surface area (Å²) >= 11 is 0. The number of alkyl halides is 10. The minimum Gasteiger partial charge on any atom is -0.377 e. The van der Waals surface area contributed by atoms with E-state index in [-0.39, 0.29) is 24.6 Å². The van der Waals surface area contributed by atoms with E-state index in [2.05, 4.69) is 9.50 Å². The topological polar surface area (TPSA) is 119 Å². The van der Waals surface area contributed by atoms with Gasteiger partial charge in [-0.1, -0.05) is 0 Å². The van der Waals surface area contributed by atoms with E-state index in [4.69, 9.17) is 0 Å². The first kappa shape index (κ1) is 31.7. The highest BCUT2D eigenvalue weighted by molar-refractivity contribution is 7.89. The van der Waals surface area contributed by atoms with E-state index in [1.165, 1.54) is 0 Å². The maximum Gasteiger partial charge on any atom is 0.460 e. The van der Waals surface area contributed by atoms with E-state index in [1.54, 1.807) is 0 Å². The first-order chi connectivity index (χ1) is 17.9. The van der Waals surface area contributed by atoms with Gasteiger partial charge in [-0.2, -0.15) is 47.9 Å². The summed E-state index contributed by atoms with van der Waals surface area (Å²) in [6, 6.07) is 3.64. The van der Waals surface area contributed by atoms with Crippen LogP contribution in [0.2, 0.25) is 0 Å². The molecule has 0 heterocycles. The monoisotopic (exact) mass is 634 g/mol. The molecule has 1 fully saturated rings. The van der Waals surface area contributed by atoms with Crippen molar-refractivity contribution in [2.24, 2.45) is 0 Å². The highest BCUT2D eigenvalue weighted by Gasteiger charge is 2.86. The van der Waals surface area contributed by atoms with Crippen molar-refractivity contribution in [1.82, 2.24) is 4.72 Å². The van der Waals surface area contributed by atoms with E-state index < -0.39 is 83.0 Å². The number of benzene rings is 2. The molecule has 3 rings (SSSR count). The first-order valence-corrected chi connectivity index (χ1v) is 13.4. The average Bonchev–Trinajstić information content (AvgIpc) is 3.56. The van der Waals surface area contributed by atoms with Gasteiger partial charge < -0.3 is 9.50 Å². The lowest BCUT2D eigenvalue weighted by molar-refractivity contribution is -0.382. The van der Waals surface area contributed by atoms with Crippen LogP contribution in [0.1, 0.15) is 19.8 Å². The number of rotatable bonds is 10. The largest absolute Gasteiger partial charge is 0.460 e. The summed E-state index contributed by atoms with van der Waals surface area (Å²) in [6.45, 7) is -0.153. The average molecular weight is 634 g/mol. The van der Waals surface area contributed by atoms with Gasteiger partial charge in [0.1, 0.15) is 6.67 Å². The van der Waals surface area contributed by atoms with Crippen molar-refractivity contribution in [1.29, 1.82) is 0 Å². The van der Waals surface area contributed by atoms with Gasteiger partial charge in [0.25, 0.3) is 0 Å². The third-order valence-corrected chi connectivity index (χ3v) is 8.45. The van der Waals surface area contributed by atoms with E-state index >= 15 is 0 Å². The number of hydrogen-bond donors (Lipinski definition) is 2. The van der Waals surface area contributed by atoms with Crippen molar-refractivity contribution in [3.05, 3.63) is 30.3 Å². The van der Waals surface area contributed by atoms with Crippen LogP contribution in [-0.2, 0) is 24.9 Å². The molecule has 2 aromatic carbocycles. The molecule has 0 unspecified atom stereocenters. The van der Waals surface area contributed by atoms with Crippen LogP contribution in [0.15, 0.2) is 35.2 Å². The van der Waals surface area contributed by atoms with Crippen molar-refractivity contribution >= 4 is 42.5 Å². The van der Waals surface area contributed by atoms with Gasteiger partial charge in [-0.3, -0.25) is 4.79 Å². The molecule has 0 bridgehead atoms. The SMILES string of the molecule is CC(=O)Nc1ccc2c(OS(=O)(=O)C(F)(F)C(F)(F)C(F)(F)C(F)(F)F)cc(S(=O)(=O)NC3(CF)CC3)cc2c1. The molecule has 0 radical (unpaired) electrons. The van der Waals surface area contributed by atoms with Crippen LogP contribution in [0.25, 0.3) is 10.8 Å². The number of carbonyl (C=O) groups excluding carboxylic acids is 1. The molecule has 1 amide bonds. The number of sulfonamides is 1. The van der Waals surface area contributed by atoms with Gasteiger partial charge in [0.05, 0.1) is 10.4 Å². The molecule has 40 heavy (non-hydrogen) atoms. The Morgan fingerprint density at radius 3 is 1.98 bits per heavy atom. The van der Waals surface area contributed by atoms with Crippen molar-refractivity contribution in [3.8, 4) is 5.75 Å². The van der Waals surface area contributed by atoms with Crippen LogP contribution >= 0.6 is 0 Å². The lowest BCUT2D eigenvalue weighted by atomic mass is 10.1. The van der Waals surface area contributed by atoms with Crippen LogP contribution < -0.4 is 14.2 Å². The Bertz CT molecular complexity index is 1560. The molecule has 0 spiro atoms. The third-order valence-electron chi connectivity index (χ3n) is 5.61. The zero-order chi connectivity index (χ0) is 30.7. The zero-order valence-corrected chi connectivity index (χ0v) is 21.2. The Labute approximate surface area is 218 Å². The molecular weight excluding hydrogens is 618 g/mol. The molecule has 0 aromatic heterocycles. The van der Waals surface area contributed by atoms with E-state index in [0.717, 1.165) is 31.2 Å². The number of anilines is 1. The maximum absolute atomic E-state index is 14.2. The minimum atomic E-state index is -7.60. The van der Waals surface area contributed by atoms with Crippen molar-refractivity contribution in [2.45, 2.75) is 53.5 Å². The predicted octanol–water partition coefficient (Wildman–Crippen LogP) is 4.71. The van der Waals surface area contributed by atoms with E-state index in [0.29, 0.717) is 0 Å². The van der Waals surface area contributed by atoms with Gasteiger partial charge in [0, 0.05) is 24.1 Å². The Kier molecular flexibility index (Phi) is 7.60. The lowest BCUT2D eigenvalue weighted by Gasteiger charge is -2.32. The molecule has 0 saturated heterocycles. The molecule has 0 aliphatic heterocycles. The fraction of sp³-hybridized carbons (Fsp3) is 0.450. The van der Waals surface area contributed by atoms with E-state index in [1.807, 2.05) is 4.72 Å². The van der Waals surface area contributed by atoms with Gasteiger partial charge in [-0.05, 0) is 42.5 Å². The number of amides is 1. The molecule has 0 atom stereocenters. The molecule has 20 heteroatoms. The van der Waals surface area contributed by atoms with Gasteiger partial charge >= 0.3 is 33.4 Å². The Morgan fingerprint density at radius 1 is 0.925 bits per heavy atom. The van der Waals surface area contributed by atoms with Crippen molar-refractivity contribution in [2.75, 3.05) is 12.0 Å². The minimum absolute atomic E-state index is 0.0233. The molecule has 1 saturated carbocycles. The van der Waals surface area contributed by atoms with Gasteiger partial charge in [0.15, 0.2) is 5.75 Å². The Morgan fingerprint density at radius 2 is 1.50 bits per heavy atom. The summed E-state index contributed by atoms with van der Waals surface area (Å²) < 4.78 is 189. The molecule has 2 aromatic rings. The Hall–Kier alpha value is -2.87. The molecule has 224 valence electrons. The standard InChI is InChI=1S/C20H16F10N2O6S2/c1-10(33)31-12-2-3-14-11(6-12)7-13(39(34,35)32-16(9-21)4-5-16)8-15(14)38-40(36,37)20(29,30)18(24,25)17(22,23)19(26,27)28/h2-3,6-8,32H,4-5,9H2,1H3,(H,31,33). The van der Waals surface area contributed by atoms with Gasteiger partial charge in [-0.25, -0.2) is 17.5 Å². The fourth-order valence-electron chi connectivity index (χ4n) is 3.26. The third kappa shape index (κ3) is 5.39. The highest BCUT2D eigenvalue weighted by Crippen LogP contribution is 2.55. The van der Waals surface area contributed by atoms with Crippen molar-refractivity contribution in [3.63, 3.8) is 0 Å². The quantitative estimate of drug-likeness (QED) is 0.289. The van der Waals surface area contributed by atoms with Crippen LogP contribution in [0.4, 0.5) is 49.6 Å². The van der Waals surface area contributed by atoms with Crippen LogP contribution in [-0.4, -0.2) is 58.2 Å². The lowest BCUT2D eigenvalue weighted by Crippen LogP contribution is -2.63. The Balaban J connectivity index is 2.19. The predicted molar refractivity (Wildman–Crippen MR) is 117 cm³/mol. The first-order valence-electron chi connectivity index (χ1n) is 10.5. The number of nitrogens with one attached hydrogen (secondary N) is 2. The highest BCUT2D eigenvalue weighted by atomic mass is 32.2. The second-order valence-corrected chi connectivity index (χ2v) is 12.0. The summed E-state index contributed by atoms with van der Waals surface area (Å²) in [7, 11) is -12.3. The molecular formula is C20H16F10N2O6S2. The van der Waals surface area contributed by atoms with Gasteiger partial charge in [0.2, 0.25) is 15.9 Å². The van der Waals surface area contributed by atoms with Crippen molar-refractivity contribution < 1.29 is 69.7 Å². The summed E-state index contributed by atoms with van der Waals surface area (Å²) in [5.74, 6) is -17.3. The fourth-order valence-corrected chi connectivity index (χ4v) is 5.67. The summed E-state index contributed by atoms with van der Waals surface area (Å²) in [5.41, 5.74) is -1.66. The second kappa shape index (κ2) is 9.61. The summed E-state index contributed by atoms with van der Waals surface area (Å²) in [6.07, 6.45) is -7.28. The number of carbonyl (C=O) groups is 1. The van der Waals surface area contributed by atoms with E-state index in [9.17, 15) is 65.5 Å². The normalized spacial score (nSPS) is 16.6. The number of halogens is 10. The molecule has 2 N–H and O–H groups in total. The van der Waals surface area contributed by atoms with Crippen LogP contribution in [0, 0.1) is 0 Å². The maximum atomic E-state index is 14.2. The summed E-state index contributed by atoms with van der Waals surface area (Å²) in [4.78, 5) is 10.3. The second-order valence-electron chi connectivity index (χ2n) is 8.76.